The van der Waals surface area contributed by atoms with E-state index in [0.717, 1.165) is 6.42 Å². The van der Waals surface area contributed by atoms with Crippen molar-refractivity contribution in [3.63, 3.8) is 0 Å². The highest BCUT2D eigenvalue weighted by Gasteiger charge is 2.38. The van der Waals surface area contributed by atoms with Gasteiger partial charge in [-0.05, 0) is 55.4 Å². The SMILES string of the molecule is C=C(CCCOCCC)S(=O)(=O)c1ccccc1Cc1c2c(n(CC(O)O)c1C)CCC(F)(F)C2. The highest BCUT2D eigenvalue weighted by molar-refractivity contribution is 7.95. The van der Waals surface area contributed by atoms with E-state index in [1.807, 2.05) is 6.92 Å². The number of nitrogens with zero attached hydrogens (tertiary/aromatic N) is 1. The Morgan fingerprint density at radius 3 is 2.66 bits per heavy atom. The van der Waals surface area contributed by atoms with Crippen molar-refractivity contribution in [2.45, 2.75) is 82.4 Å². The van der Waals surface area contributed by atoms with Crippen LogP contribution >= 0.6 is 0 Å². The lowest BCUT2D eigenvalue weighted by Crippen LogP contribution is -2.28. The fourth-order valence-corrected chi connectivity index (χ4v) is 6.19. The summed E-state index contributed by atoms with van der Waals surface area (Å²) in [6.45, 7) is 8.51. The third-order valence-electron chi connectivity index (χ3n) is 6.49. The average Bonchev–Trinajstić information content (AvgIpc) is 3.02. The first-order valence-electron chi connectivity index (χ1n) is 12.0. The maximum absolute atomic E-state index is 14.4. The van der Waals surface area contributed by atoms with E-state index < -0.39 is 28.5 Å². The quantitative estimate of drug-likeness (QED) is 0.327. The number of aliphatic hydroxyl groups excluding tert-OH is 1. The molecule has 1 aliphatic rings. The van der Waals surface area contributed by atoms with Gasteiger partial charge in [0.1, 0.15) is 0 Å². The van der Waals surface area contributed by atoms with Gasteiger partial charge in [0.05, 0.1) is 11.4 Å². The summed E-state index contributed by atoms with van der Waals surface area (Å²) in [5, 5.41) is 19.1. The molecule has 1 aromatic carbocycles. The van der Waals surface area contributed by atoms with Gasteiger partial charge in [0.25, 0.3) is 5.92 Å². The van der Waals surface area contributed by atoms with Crippen LogP contribution in [0.4, 0.5) is 8.78 Å². The van der Waals surface area contributed by atoms with Crippen LogP contribution in [-0.2, 0) is 40.4 Å². The Bertz CT molecular complexity index is 1150. The predicted octanol–water partition coefficient (Wildman–Crippen LogP) is 4.32. The number of hydrogen-bond donors (Lipinski definition) is 2. The van der Waals surface area contributed by atoms with Gasteiger partial charge in [-0.2, -0.15) is 0 Å². The molecule has 194 valence electrons. The largest absolute Gasteiger partial charge is 0.381 e. The molecule has 0 atom stereocenters. The number of fused-ring (bicyclic) bond motifs is 1. The molecular formula is C26H35F2NO5S. The average molecular weight is 512 g/mol. The normalized spacial score (nSPS) is 15.4. The Labute approximate surface area is 206 Å². The van der Waals surface area contributed by atoms with Crippen LogP contribution in [-0.4, -0.2) is 48.6 Å². The van der Waals surface area contributed by atoms with Crippen molar-refractivity contribution >= 4 is 9.84 Å². The van der Waals surface area contributed by atoms with Crippen molar-refractivity contribution in [2.75, 3.05) is 13.2 Å². The van der Waals surface area contributed by atoms with Gasteiger partial charge in [-0.25, -0.2) is 17.2 Å². The minimum Gasteiger partial charge on any atom is -0.381 e. The Balaban J connectivity index is 1.94. The van der Waals surface area contributed by atoms with Crippen molar-refractivity contribution in [3.8, 4) is 0 Å². The molecule has 0 saturated heterocycles. The highest BCUT2D eigenvalue weighted by Crippen LogP contribution is 2.39. The summed E-state index contributed by atoms with van der Waals surface area (Å²) in [7, 11) is -3.84. The number of ether oxygens (including phenoxy) is 1. The highest BCUT2D eigenvalue weighted by atomic mass is 32.2. The van der Waals surface area contributed by atoms with Crippen LogP contribution in [0.2, 0.25) is 0 Å². The summed E-state index contributed by atoms with van der Waals surface area (Å²) in [6.07, 6.45) is -0.434. The molecule has 0 radical (unpaired) electrons. The zero-order valence-corrected chi connectivity index (χ0v) is 21.2. The molecule has 1 aromatic heterocycles. The summed E-state index contributed by atoms with van der Waals surface area (Å²) in [5.41, 5.74) is 2.88. The first-order valence-corrected chi connectivity index (χ1v) is 13.5. The van der Waals surface area contributed by atoms with Crippen molar-refractivity contribution in [3.05, 3.63) is 63.8 Å². The van der Waals surface area contributed by atoms with Gasteiger partial charge in [0.2, 0.25) is 9.84 Å². The van der Waals surface area contributed by atoms with Crippen LogP contribution < -0.4 is 0 Å². The topological polar surface area (TPSA) is 88.8 Å². The molecule has 2 N–H and O–H groups in total. The number of halogens is 2. The van der Waals surface area contributed by atoms with Crippen LogP contribution in [0.1, 0.15) is 60.7 Å². The predicted molar refractivity (Wildman–Crippen MR) is 130 cm³/mol. The number of alkyl halides is 2. The summed E-state index contributed by atoms with van der Waals surface area (Å²) >= 11 is 0. The molecule has 1 heterocycles. The summed E-state index contributed by atoms with van der Waals surface area (Å²) in [4.78, 5) is 0.210. The van der Waals surface area contributed by atoms with Gasteiger partial charge in [-0.15, -0.1) is 0 Å². The van der Waals surface area contributed by atoms with Gasteiger partial charge >= 0.3 is 0 Å². The van der Waals surface area contributed by atoms with Crippen LogP contribution in [0.25, 0.3) is 0 Å². The van der Waals surface area contributed by atoms with E-state index in [1.165, 1.54) is 6.07 Å². The third kappa shape index (κ3) is 6.39. The third-order valence-corrected chi connectivity index (χ3v) is 8.43. The van der Waals surface area contributed by atoms with E-state index in [0.29, 0.717) is 47.7 Å². The van der Waals surface area contributed by atoms with E-state index in [2.05, 4.69) is 6.58 Å². The van der Waals surface area contributed by atoms with Gasteiger partial charge < -0.3 is 19.5 Å². The Hall–Kier alpha value is -2.07. The molecule has 1 aliphatic carbocycles. The molecule has 35 heavy (non-hydrogen) atoms. The lowest BCUT2D eigenvalue weighted by atomic mass is 9.89. The molecule has 0 spiro atoms. The number of aromatic nitrogens is 1. The summed E-state index contributed by atoms with van der Waals surface area (Å²) in [6, 6.07) is 6.57. The molecule has 0 bridgehead atoms. The smallest absolute Gasteiger partial charge is 0.252 e. The maximum atomic E-state index is 14.4. The molecule has 6 nitrogen and oxygen atoms in total. The zero-order valence-electron chi connectivity index (χ0n) is 20.4. The second kappa shape index (κ2) is 11.3. The fourth-order valence-electron chi connectivity index (χ4n) is 4.72. The molecule has 0 amide bonds. The standard InChI is InChI=1S/C26H35F2NO5S/c1-4-13-34-14-7-8-18(2)35(32,33)24-10-6-5-9-20(24)15-21-19(3)29(17-25(30)31)23-11-12-26(27,28)16-22(21)23/h5-6,9-10,25,30-31H,2,4,7-8,11-17H2,1,3H3. The van der Waals surface area contributed by atoms with E-state index in [4.69, 9.17) is 4.74 Å². The second-order valence-corrected chi connectivity index (χ2v) is 11.2. The first kappa shape index (κ1) is 27.5. The van der Waals surface area contributed by atoms with Crippen LogP contribution in [0, 0.1) is 6.92 Å². The molecular weight excluding hydrogens is 476 g/mol. The number of aliphatic hydroxyl groups is 2. The van der Waals surface area contributed by atoms with Crippen LogP contribution in [0.3, 0.4) is 0 Å². The molecule has 0 fully saturated rings. The van der Waals surface area contributed by atoms with Crippen molar-refractivity contribution in [2.24, 2.45) is 0 Å². The van der Waals surface area contributed by atoms with E-state index in [1.54, 1.807) is 29.7 Å². The number of rotatable bonds is 12. The summed E-state index contributed by atoms with van der Waals surface area (Å²) in [5.74, 6) is -2.86. The molecule has 0 aliphatic heterocycles. The Morgan fingerprint density at radius 1 is 1.26 bits per heavy atom. The van der Waals surface area contributed by atoms with Gasteiger partial charge in [0, 0.05) is 48.8 Å². The summed E-state index contributed by atoms with van der Waals surface area (Å²) < 4.78 is 62.5. The van der Waals surface area contributed by atoms with Gasteiger partial charge in [-0.1, -0.05) is 31.7 Å². The Kier molecular flexibility index (Phi) is 8.91. The molecule has 3 rings (SSSR count). The minimum absolute atomic E-state index is 0.0938. The van der Waals surface area contributed by atoms with Crippen molar-refractivity contribution in [1.29, 1.82) is 0 Å². The van der Waals surface area contributed by atoms with Gasteiger partial charge in [-0.3, -0.25) is 0 Å². The first-order chi connectivity index (χ1) is 16.5. The number of benzene rings is 1. The van der Waals surface area contributed by atoms with Crippen molar-refractivity contribution < 1.29 is 32.1 Å². The molecule has 0 saturated carbocycles. The van der Waals surface area contributed by atoms with Crippen LogP contribution in [0.15, 0.2) is 40.6 Å². The minimum atomic E-state index is -3.84. The zero-order chi connectivity index (χ0) is 25.8. The number of sulfone groups is 1. The van der Waals surface area contributed by atoms with Crippen molar-refractivity contribution in [1.82, 2.24) is 4.57 Å². The lowest BCUT2D eigenvalue weighted by Gasteiger charge is -2.24. The van der Waals surface area contributed by atoms with E-state index >= 15 is 0 Å². The lowest BCUT2D eigenvalue weighted by molar-refractivity contribution is -0.0526. The monoisotopic (exact) mass is 511 g/mol. The molecule has 9 heteroatoms. The Morgan fingerprint density at radius 2 is 1.97 bits per heavy atom. The molecule has 0 unspecified atom stereocenters. The maximum Gasteiger partial charge on any atom is 0.252 e. The van der Waals surface area contributed by atoms with Crippen LogP contribution in [0.5, 0.6) is 0 Å². The number of hydrogen-bond acceptors (Lipinski definition) is 5. The van der Waals surface area contributed by atoms with E-state index in [-0.39, 0.29) is 42.0 Å². The van der Waals surface area contributed by atoms with Gasteiger partial charge in [0.15, 0.2) is 6.29 Å². The fraction of sp³-hybridized carbons (Fsp3) is 0.538. The van der Waals surface area contributed by atoms with E-state index in [9.17, 15) is 27.4 Å². The second-order valence-electron chi connectivity index (χ2n) is 9.16. The number of allylic oxidation sites excluding steroid dienone is 1. The molecule has 2 aromatic rings.